The maximum atomic E-state index is 13.7. The van der Waals surface area contributed by atoms with E-state index in [1.807, 2.05) is 6.20 Å². The molecular weight excluding hydrogens is 319 g/mol. The first-order chi connectivity index (χ1) is 12.3. The van der Waals surface area contributed by atoms with Crippen molar-refractivity contribution in [3.8, 4) is 5.75 Å². The molecule has 1 aromatic carbocycles. The first-order valence-corrected chi connectivity index (χ1v) is 8.89. The van der Waals surface area contributed by atoms with Crippen LogP contribution in [0.5, 0.6) is 5.75 Å². The maximum Gasteiger partial charge on any atom is 0.156 e. The van der Waals surface area contributed by atoms with Crippen LogP contribution in [0.15, 0.2) is 36.0 Å². The van der Waals surface area contributed by atoms with Gasteiger partial charge in [-0.3, -0.25) is 9.48 Å². The van der Waals surface area contributed by atoms with E-state index in [-0.39, 0.29) is 5.56 Å². The summed E-state index contributed by atoms with van der Waals surface area (Å²) in [5, 5.41) is 4.49. The number of nitrogens with zero attached hydrogens (tertiary/aromatic N) is 2. The molecule has 1 heterocycles. The number of ether oxygens (including phenoxy) is 1. The van der Waals surface area contributed by atoms with Crippen molar-refractivity contribution in [3.05, 3.63) is 53.1 Å². The molecule has 1 aromatic heterocycles. The quantitative estimate of drug-likeness (QED) is 0.723. The molecule has 0 unspecified atom stereocenters. The molecular formula is C20H21FN2O2. The smallest absolute Gasteiger partial charge is 0.156 e. The third kappa shape index (κ3) is 3.23. The lowest BCUT2D eigenvalue weighted by atomic mass is 9.90. The normalized spacial score (nSPS) is 17.6. The molecule has 0 amide bonds. The summed E-state index contributed by atoms with van der Waals surface area (Å²) >= 11 is 0. The topological polar surface area (TPSA) is 44.1 Å². The van der Waals surface area contributed by atoms with Crippen LogP contribution in [-0.2, 0) is 0 Å². The van der Waals surface area contributed by atoms with Crippen LogP contribution in [-0.4, -0.2) is 22.7 Å². The Morgan fingerprint density at radius 2 is 2.08 bits per heavy atom. The number of hydrogen-bond donors (Lipinski definition) is 0. The molecule has 1 saturated carbocycles. The third-order valence-corrected chi connectivity index (χ3v) is 4.99. The highest BCUT2D eigenvalue weighted by molar-refractivity contribution is 5.79. The molecule has 0 atom stereocenters. The predicted molar refractivity (Wildman–Crippen MR) is 93.2 cm³/mol. The van der Waals surface area contributed by atoms with Crippen LogP contribution in [0.1, 0.15) is 60.6 Å². The second kappa shape index (κ2) is 6.82. The number of carbonyl (C=O) groups is 1. The van der Waals surface area contributed by atoms with Crippen LogP contribution in [0.25, 0.3) is 5.57 Å². The van der Waals surface area contributed by atoms with Gasteiger partial charge in [0.2, 0.25) is 0 Å². The third-order valence-electron chi connectivity index (χ3n) is 4.99. The molecule has 0 bridgehead atoms. The van der Waals surface area contributed by atoms with E-state index in [0.29, 0.717) is 24.7 Å². The molecule has 0 saturated heterocycles. The molecule has 0 aliphatic heterocycles. The SMILES string of the molecule is O=Cc1c(F)cccc1OCC1=C(c2ccnn2C2CC2)CCCC1. The number of carbonyl (C=O) groups excluding carboxylic acids is 1. The molecule has 25 heavy (non-hydrogen) atoms. The first-order valence-electron chi connectivity index (χ1n) is 8.89. The summed E-state index contributed by atoms with van der Waals surface area (Å²) < 4.78 is 21.7. The maximum absolute atomic E-state index is 13.7. The number of hydrogen-bond acceptors (Lipinski definition) is 3. The van der Waals surface area contributed by atoms with Gasteiger partial charge in [-0.25, -0.2) is 4.39 Å². The van der Waals surface area contributed by atoms with Gasteiger partial charge in [0, 0.05) is 6.20 Å². The minimum atomic E-state index is -0.544. The van der Waals surface area contributed by atoms with Crippen molar-refractivity contribution in [3.63, 3.8) is 0 Å². The summed E-state index contributed by atoms with van der Waals surface area (Å²) in [5.74, 6) is -0.236. The van der Waals surface area contributed by atoms with Gasteiger partial charge in [-0.2, -0.15) is 5.10 Å². The van der Waals surface area contributed by atoms with Gasteiger partial charge < -0.3 is 4.74 Å². The highest BCUT2D eigenvalue weighted by atomic mass is 19.1. The monoisotopic (exact) mass is 340 g/mol. The average molecular weight is 340 g/mol. The van der Waals surface area contributed by atoms with Crippen molar-refractivity contribution >= 4 is 11.9 Å². The molecule has 0 radical (unpaired) electrons. The molecule has 1 fully saturated rings. The molecule has 0 N–H and O–H groups in total. The Balaban J connectivity index is 1.61. The summed E-state index contributed by atoms with van der Waals surface area (Å²) in [6, 6.07) is 7.10. The number of benzene rings is 1. The lowest BCUT2D eigenvalue weighted by Crippen LogP contribution is -2.12. The van der Waals surface area contributed by atoms with Gasteiger partial charge in [-0.1, -0.05) is 6.07 Å². The van der Waals surface area contributed by atoms with Gasteiger partial charge in [0.25, 0.3) is 0 Å². The van der Waals surface area contributed by atoms with Crippen LogP contribution >= 0.6 is 0 Å². The van der Waals surface area contributed by atoms with Crippen molar-refractivity contribution in [1.29, 1.82) is 0 Å². The Morgan fingerprint density at radius 1 is 1.24 bits per heavy atom. The fourth-order valence-electron chi connectivity index (χ4n) is 3.52. The number of allylic oxidation sites excluding steroid dienone is 1. The molecule has 2 aromatic rings. The minimum Gasteiger partial charge on any atom is -0.488 e. The van der Waals surface area contributed by atoms with Gasteiger partial charge in [0.15, 0.2) is 6.29 Å². The van der Waals surface area contributed by atoms with E-state index in [0.717, 1.165) is 25.7 Å². The summed E-state index contributed by atoms with van der Waals surface area (Å²) in [7, 11) is 0. The zero-order valence-corrected chi connectivity index (χ0v) is 14.1. The molecule has 4 rings (SSSR count). The second-order valence-electron chi connectivity index (χ2n) is 6.74. The van der Waals surface area contributed by atoms with E-state index in [4.69, 9.17) is 4.74 Å². The van der Waals surface area contributed by atoms with Crippen molar-refractivity contribution in [1.82, 2.24) is 9.78 Å². The number of aldehydes is 1. The van der Waals surface area contributed by atoms with Gasteiger partial charge in [0.1, 0.15) is 18.2 Å². The van der Waals surface area contributed by atoms with Crippen LogP contribution in [0.4, 0.5) is 4.39 Å². The Bertz CT molecular complexity index is 821. The fraction of sp³-hybridized carbons (Fsp3) is 0.400. The fourth-order valence-corrected chi connectivity index (χ4v) is 3.52. The number of aromatic nitrogens is 2. The number of rotatable bonds is 6. The summed E-state index contributed by atoms with van der Waals surface area (Å²) in [4.78, 5) is 11.1. The van der Waals surface area contributed by atoms with E-state index >= 15 is 0 Å². The van der Waals surface area contributed by atoms with Crippen LogP contribution in [0.2, 0.25) is 0 Å². The van der Waals surface area contributed by atoms with E-state index < -0.39 is 5.82 Å². The summed E-state index contributed by atoms with van der Waals surface area (Å²) in [6.45, 7) is 0.384. The standard InChI is InChI=1S/C20H21FN2O2/c21-18-6-3-7-20(17(18)12-24)25-13-14-4-1-2-5-16(14)19-10-11-22-23(19)15-8-9-15/h3,6-7,10-12,15H,1-2,4-5,8-9,13H2. The first kappa shape index (κ1) is 16.1. The van der Waals surface area contributed by atoms with Crippen molar-refractivity contribution in [2.24, 2.45) is 0 Å². The summed E-state index contributed by atoms with van der Waals surface area (Å²) in [5.41, 5.74) is 3.72. The molecule has 2 aliphatic rings. The lowest BCUT2D eigenvalue weighted by Gasteiger charge is -2.22. The van der Waals surface area contributed by atoms with Crippen molar-refractivity contribution in [2.75, 3.05) is 6.61 Å². The highest BCUT2D eigenvalue weighted by Gasteiger charge is 2.28. The van der Waals surface area contributed by atoms with E-state index in [1.54, 1.807) is 12.1 Å². The Kier molecular flexibility index (Phi) is 4.38. The van der Waals surface area contributed by atoms with Crippen LogP contribution in [0, 0.1) is 5.82 Å². The largest absolute Gasteiger partial charge is 0.488 e. The molecule has 5 heteroatoms. The van der Waals surface area contributed by atoms with E-state index in [9.17, 15) is 9.18 Å². The van der Waals surface area contributed by atoms with Crippen molar-refractivity contribution < 1.29 is 13.9 Å². The molecule has 4 nitrogen and oxygen atoms in total. The summed E-state index contributed by atoms with van der Waals surface area (Å²) in [6.07, 6.45) is 9.04. The van der Waals surface area contributed by atoms with Gasteiger partial charge in [-0.15, -0.1) is 0 Å². The van der Waals surface area contributed by atoms with E-state index in [2.05, 4.69) is 15.8 Å². The van der Waals surface area contributed by atoms with Gasteiger partial charge >= 0.3 is 0 Å². The minimum absolute atomic E-state index is 0.0107. The second-order valence-corrected chi connectivity index (χ2v) is 6.74. The molecule has 130 valence electrons. The van der Waals surface area contributed by atoms with Gasteiger partial charge in [-0.05, 0) is 67.9 Å². The Labute approximate surface area is 146 Å². The van der Waals surface area contributed by atoms with Gasteiger partial charge in [0.05, 0.1) is 17.3 Å². The van der Waals surface area contributed by atoms with Crippen molar-refractivity contribution in [2.45, 2.75) is 44.6 Å². The Morgan fingerprint density at radius 3 is 2.88 bits per heavy atom. The highest BCUT2D eigenvalue weighted by Crippen LogP contribution is 2.39. The average Bonchev–Trinajstić information content (AvgIpc) is 3.37. The zero-order valence-electron chi connectivity index (χ0n) is 14.1. The number of halogens is 1. The zero-order chi connectivity index (χ0) is 17.2. The lowest BCUT2D eigenvalue weighted by molar-refractivity contribution is 0.111. The molecule has 0 spiro atoms. The van der Waals surface area contributed by atoms with Crippen LogP contribution < -0.4 is 4.74 Å². The van der Waals surface area contributed by atoms with E-state index in [1.165, 1.54) is 35.7 Å². The Hall–Kier alpha value is -2.43. The predicted octanol–water partition coefficient (Wildman–Crippen LogP) is 4.58. The van der Waals surface area contributed by atoms with Crippen LogP contribution in [0.3, 0.4) is 0 Å². The molecule has 2 aliphatic carbocycles.